The Morgan fingerprint density at radius 2 is 2.00 bits per heavy atom. The Hall–Kier alpha value is 0.189. The third-order valence-electron chi connectivity index (χ3n) is 0.801. The normalized spacial score (nSPS) is 8.43. The molecule has 0 N–H and O–H groups in total. The van der Waals surface area contributed by atoms with Crippen LogP contribution in [-0.2, 0) is 0 Å². The molecule has 0 aromatic heterocycles. The molecule has 0 rings (SSSR count). The third kappa shape index (κ3) is 2.84. The molecule has 0 bridgehead atoms. The average molecular weight is 164 g/mol. The zero-order chi connectivity index (χ0) is 5.86. The average Bonchev–Trinajstić information content (AvgIpc) is 1.65. The molecular weight excluding hydrogens is 153 g/mol. The van der Waals surface area contributed by atoms with Crippen molar-refractivity contribution in [3.8, 4) is 0 Å². The second-order valence-electron chi connectivity index (χ2n) is 1.64. The first-order chi connectivity index (χ1) is 3.18. The molecule has 0 fully saturated rings. The molecule has 0 unspecified atom stereocenters. The van der Waals surface area contributed by atoms with Gasteiger partial charge in [0.2, 0.25) is 0 Å². The topological polar surface area (TPSA) is 3.24 Å². The van der Waals surface area contributed by atoms with Crippen LogP contribution in [0.1, 0.15) is 13.3 Å². The number of nitrogens with zero attached hydrogens (tertiary/aromatic N) is 1. The van der Waals surface area contributed by atoms with Crippen molar-refractivity contribution in [2.45, 2.75) is 13.3 Å². The van der Waals surface area contributed by atoms with E-state index >= 15 is 0 Å². The number of hydrogen-bond donors (Lipinski definition) is 0. The molecule has 0 saturated carbocycles. The predicted octanol–water partition coefficient (Wildman–Crippen LogP) is 0.256. The fourth-order valence-electron chi connectivity index (χ4n) is 0.316. The molecule has 7 heavy (non-hydrogen) atoms. The van der Waals surface area contributed by atoms with E-state index in [1.165, 1.54) is 4.54 Å². The summed E-state index contributed by atoms with van der Waals surface area (Å²) in [4.78, 5) is 2.08. The van der Waals surface area contributed by atoms with Gasteiger partial charge in [0, 0.05) is 0 Å². The summed E-state index contributed by atoms with van der Waals surface area (Å²) in [7, 11) is 4.07. The van der Waals surface area contributed by atoms with E-state index in [4.69, 9.17) is 0 Å². The van der Waals surface area contributed by atoms with Gasteiger partial charge in [0.25, 0.3) is 0 Å². The van der Waals surface area contributed by atoms with E-state index in [1.54, 1.807) is 0 Å². The molecule has 0 amide bonds. The Labute approximate surface area is 53.1 Å². The first-order valence-corrected chi connectivity index (χ1v) is 3.24. The predicted molar refractivity (Wildman–Crippen MR) is 34.7 cm³/mol. The first-order valence-electron chi connectivity index (χ1n) is 2.38. The van der Waals surface area contributed by atoms with Gasteiger partial charge in [0.15, 0.2) is 0 Å². The van der Waals surface area contributed by atoms with Crippen LogP contribution in [0.2, 0.25) is 0 Å². The Morgan fingerprint density at radius 3 is 2.00 bits per heavy atom. The van der Waals surface area contributed by atoms with Crippen molar-refractivity contribution in [1.82, 2.24) is 4.90 Å². The second kappa shape index (κ2) is 3.22. The van der Waals surface area contributed by atoms with Crippen LogP contribution in [0.5, 0.6) is 0 Å². The van der Waals surface area contributed by atoms with E-state index < -0.39 is 0 Å². The quantitative estimate of drug-likeness (QED) is 0.529. The summed E-state index contributed by atoms with van der Waals surface area (Å²) < 4.78 is 1.31. The van der Waals surface area contributed by atoms with Crippen molar-refractivity contribution in [1.29, 1.82) is 0 Å². The maximum atomic E-state index is 2.97. The van der Waals surface area contributed by atoms with Crippen LogP contribution < -0.4 is 0 Å². The SMILES string of the molecule is CCC(=[Se])N(C)C. The van der Waals surface area contributed by atoms with Gasteiger partial charge in [0.05, 0.1) is 0 Å². The monoisotopic (exact) mass is 165 g/mol. The fourth-order valence-corrected chi connectivity index (χ4v) is 0.316. The molecule has 0 aliphatic heterocycles. The zero-order valence-electron chi connectivity index (χ0n) is 5.06. The van der Waals surface area contributed by atoms with Crippen LogP contribution in [-0.4, -0.2) is 39.1 Å². The summed E-state index contributed by atoms with van der Waals surface area (Å²) >= 11 is 2.97. The molecule has 0 aromatic rings. The van der Waals surface area contributed by atoms with Gasteiger partial charge in [-0.3, -0.25) is 0 Å². The van der Waals surface area contributed by atoms with E-state index in [1.807, 2.05) is 14.1 Å². The zero-order valence-corrected chi connectivity index (χ0v) is 6.78. The molecule has 0 aliphatic carbocycles. The maximum absolute atomic E-state index is 2.97. The molecule has 0 atom stereocenters. The van der Waals surface area contributed by atoms with Crippen molar-refractivity contribution in [3.63, 3.8) is 0 Å². The van der Waals surface area contributed by atoms with Crippen molar-refractivity contribution < 1.29 is 0 Å². The van der Waals surface area contributed by atoms with Gasteiger partial charge < -0.3 is 0 Å². The van der Waals surface area contributed by atoms with Gasteiger partial charge in [0.1, 0.15) is 0 Å². The molecule has 1 nitrogen and oxygen atoms in total. The number of hydrogen-bond acceptors (Lipinski definition) is 1. The molecule has 0 aromatic carbocycles. The van der Waals surface area contributed by atoms with E-state index in [0.29, 0.717) is 0 Å². The minimum absolute atomic E-state index is 1.10. The van der Waals surface area contributed by atoms with E-state index in [9.17, 15) is 0 Å². The van der Waals surface area contributed by atoms with Crippen molar-refractivity contribution in [2.75, 3.05) is 14.1 Å². The molecule has 0 aliphatic rings. The second-order valence-corrected chi connectivity index (χ2v) is 2.63. The summed E-state index contributed by atoms with van der Waals surface area (Å²) in [6, 6.07) is 0. The van der Waals surface area contributed by atoms with Gasteiger partial charge in [-0.1, -0.05) is 0 Å². The van der Waals surface area contributed by atoms with Crippen molar-refractivity contribution in [2.24, 2.45) is 0 Å². The molecule has 0 saturated heterocycles. The van der Waals surface area contributed by atoms with E-state index in [-0.39, 0.29) is 0 Å². The fraction of sp³-hybridized carbons (Fsp3) is 0.800. The van der Waals surface area contributed by atoms with Crippen molar-refractivity contribution in [3.05, 3.63) is 0 Å². The van der Waals surface area contributed by atoms with E-state index in [0.717, 1.165) is 6.42 Å². The molecule has 42 valence electrons. The molecule has 0 spiro atoms. The summed E-state index contributed by atoms with van der Waals surface area (Å²) in [5, 5.41) is 0. The summed E-state index contributed by atoms with van der Waals surface area (Å²) in [6.45, 7) is 2.13. The Balaban J connectivity index is 3.35. The van der Waals surface area contributed by atoms with Gasteiger partial charge in [-0.2, -0.15) is 0 Å². The molecular formula is C5H11NSe. The summed E-state index contributed by atoms with van der Waals surface area (Å²) in [6.07, 6.45) is 1.10. The van der Waals surface area contributed by atoms with Crippen LogP contribution in [0.15, 0.2) is 0 Å². The van der Waals surface area contributed by atoms with Crippen LogP contribution in [0.25, 0.3) is 0 Å². The Kier molecular flexibility index (Phi) is 3.31. The molecule has 2 heteroatoms. The van der Waals surface area contributed by atoms with Crippen LogP contribution in [0.3, 0.4) is 0 Å². The van der Waals surface area contributed by atoms with Gasteiger partial charge >= 0.3 is 52.5 Å². The van der Waals surface area contributed by atoms with E-state index in [2.05, 4.69) is 27.4 Å². The molecule has 0 radical (unpaired) electrons. The minimum atomic E-state index is 1.10. The Bertz CT molecular complexity index is 68.5. The van der Waals surface area contributed by atoms with Crippen molar-refractivity contribution >= 4 is 20.1 Å². The van der Waals surface area contributed by atoms with Gasteiger partial charge in [-0.25, -0.2) is 0 Å². The summed E-state index contributed by atoms with van der Waals surface area (Å²) in [5.74, 6) is 0. The summed E-state index contributed by atoms with van der Waals surface area (Å²) in [5.41, 5.74) is 0. The molecule has 0 heterocycles. The van der Waals surface area contributed by atoms with Crippen LogP contribution in [0.4, 0.5) is 0 Å². The van der Waals surface area contributed by atoms with Crippen LogP contribution in [0, 0.1) is 0 Å². The Morgan fingerprint density at radius 1 is 1.57 bits per heavy atom. The van der Waals surface area contributed by atoms with Gasteiger partial charge in [-0.15, -0.1) is 0 Å². The first kappa shape index (κ1) is 7.19. The number of rotatable bonds is 2. The third-order valence-corrected chi connectivity index (χ3v) is 2.17. The standard InChI is InChI=1S/C5H11NSe/c1-4-5(7)6(2)3/h4H2,1-3H3. The van der Waals surface area contributed by atoms with Gasteiger partial charge in [-0.05, 0) is 0 Å². The van der Waals surface area contributed by atoms with Crippen LogP contribution >= 0.6 is 0 Å².